The number of carbonyl (C=O) groups excluding carboxylic acids is 2. The Bertz CT molecular complexity index is 1340. The van der Waals surface area contributed by atoms with E-state index in [4.69, 9.17) is 16.7 Å². The molecule has 1 aliphatic rings. The van der Waals surface area contributed by atoms with Crippen molar-refractivity contribution in [3.8, 4) is 5.69 Å². The molecule has 1 atom stereocenters. The number of hydrogen-bond donors (Lipinski definition) is 1. The maximum atomic E-state index is 14.4. The fourth-order valence-corrected chi connectivity index (χ4v) is 5.78. The molecule has 7 nitrogen and oxygen atoms in total. The van der Waals surface area contributed by atoms with Crippen LogP contribution < -0.4 is 10.2 Å². The number of nitrogens with zero attached hydrogens (tertiary/aromatic N) is 4. The summed E-state index contributed by atoms with van der Waals surface area (Å²) in [5.74, 6) is -0.209. The van der Waals surface area contributed by atoms with Crippen LogP contribution >= 0.6 is 23.4 Å². The molecule has 3 aromatic rings. The second-order valence-electron chi connectivity index (χ2n) is 10.6. The lowest BCUT2D eigenvalue weighted by molar-refractivity contribution is -0.122. The highest BCUT2D eigenvalue weighted by Crippen LogP contribution is 2.48. The third-order valence-corrected chi connectivity index (χ3v) is 7.68. The van der Waals surface area contributed by atoms with Gasteiger partial charge in [-0.3, -0.25) is 14.5 Å². The van der Waals surface area contributed by atoms with E-state index >= 15 is 0 Å². The van der Waals surface area contributed by atoms with Crippen LogP contribution in [0.2, 0.25) is 5.02 Å². The first-order chi connectivity index (χ1) is 18.0. The van der Waals surface area contributed by atoms with Crippen molar-refractivity contribution in [1.82, 2.24) is 20.0 Å². The van der Waals surface area contributed by atoms with Crippen molar-refractivity contribution in [1.29, 1.82) is 0 Å². The standard InChI is InChI=1S/C28H33ClFN5O2S/c1-28(2,3)26-24-25(18-8-6-10-20(30)14-18)38-17-23(37)34(16-22(36)31-12-13-33(4)5)27(24)35(32-26)21-11-7-9-19(29)15-21/h6-11,14-15,25H,12-13,16-17H2,1-5H3,(H,31,36)/t25-/m0/s1. The zero-order valence-electron chi connectivity index (χ0n) is 22.3. The molecule has 0 radical (unpaired) electrons. The van der Waals surface area contributed by atoms with Crippen LogP contribution in [0.3, 0.4) is 0 Å². The number of likely N-dealkylation sites (N-methyl/N-ethyl adjacent to an activating group) is 1. The van der Waals surface area contributed by atoms with Crippen LogP contribution in [0, 0.1) is 5.82 Å². The number of nitrogens with one attached hydrogen (secondary N) is 1. The number of rotatable bonds is 7. The fraction of sp³-hybridized carbons (Fsp3) is 0.393. The SMILES string of the molecule is CN(C)CCNC(=O)CN1C(=O)CS[C@@H](c2cccc(F)c2)c2c(C(C)(C)C)nn(-c3cccc(Cl)c3)c21. The molecular weight excluding hydrogens is 525 g/mol. The van der Waals surface area contributed by atoms with Gasteiger partial charge in [0.2, 0.25) is 11.8 Å². The van der Waals surface area contributed by atoms with Crippen LogP contribution in [0.15, 0.2) is 48.5 Å². The Kier molecular flexibility index (Phi) is 8.49. The molecule has 202 valence electrons. The molecule has 0 unspecified atom stereocenters. The summed E-state index contributed by atoms with van der Waals surface area (Å²) in [6, 6.07) is 13.7. The Hall–Kier alpha value is -2.88. The van der Waals surface area contributed by atoms with Crippen molar-refractivity contribution >= 4 is 41.0 Å². The summed E-state index contributed by atoms with van der Waals surface area (Å²) in [6.07, 6.45) is 0. The predicted octanol–water partition coefficient (Wildman–Crippen LogP) is 4.81. The van der Waals surface area contributed by atoms with E-state index in [1.165, 1.54) is 28.8 Å². The average Bonchev–Trinajstić information content (AvgIpc) is 3.17. The lowest BCUT2D eigenvalue weighted by atomic mass is 9.87. The second-order valence-corrected chi connectivity index (χ2v) is 12.1. The van der Waals surface area contributed by atoms with Gasteiger partial charge in [0, 0.05) is 29.1 Å². The fourth-order valence-electron chi connectivity index (χ4n) is 4.41. The highest BCUT2D eigenvalue weighted by molar-refractivity contribution is 8.00. The zero-order valence-corrected chi connectivity index (χ0v) is 23.9. The van der Waals surface area contributed by atoms with Gasteiger partial charge in [0.15, 0.2) is 0 Å². The van der Waals surface area contributed by atoms with Crippen LogP contribution in [0.1, 0.15) is 42.8 Å². The monoisotopic (exact) mass is 557 g/mol. The summed E-state index contributed by atoms with van der Waals surface area (Å²) >= 11 is 7.76. The number of benzene rings is 2. The summed E-state index contributed by atoms with van der Waals surface area (Å²) in [5, 5.41) is 8.07. The van der Waals surface area contributed by atoms with Crippen LogP contribution in [0.4, 0.5) is 10.2 Å². The van der Waals surface area contributed by atoms with Crippen molar-refractivity contribution in [2.24, 2.45) is 0 Å². The van der Waals surface area contributed by atoms with Gasteiger partial charge in [0.05, 0.1) is 22.4 Å². The Morgan fingerprint density at radius 2 is 1.95 bits per heavy atom. The molecule has 2 heterocycles. The topological polar surface area (TPSA) is 70.5 Å². The second kappa shape index (κ2) is 11.5. The molecule has 0 fully saturated rings. The van der Waals surface area contributed by atoms with Gasteiger partial charge in [0.1, 0.15) is 18.2 Å². The van der Waals surface area contributed by atoms with E-state index in [1.807, 2.05) is 37.2 Å². The molecule has 2 amide bonds. The number of amides is 2. The van der Waals surface area contributed by atoms with E-state index in [0.717, 1.165) is 16.8 Å². The Morgan fingerprint density at radius 3 is 2.61 bits per heavy atom. The molecule has 1 aliphatic heterocycles. The lowest BCUT2D eigenvalue weighted by Crippen LogP contribution is -2.43. The number of aromatic nitrogens is 2. The van der Waals surface area contributed by atoms with Gasteiger partial charge in [-0.15, -0.1) is 11.8 Å². The Morgan fingerprint density at radius 1 is 1.21 bits per heavy atom. The van der Waals surface area contributed by atoms with Crippen molar-refractivity contribution in [2.75, 3.05) is 44.4 Å². The van der Waals surface area contributed by atoms with Crippen molar-refractivity contribution in [3.63, 3.8) is 0 Å². The minimum absolute atomic E-state index is 0.125. The minimum Gasteiger partial charge on any atom is -0.353 e. The first kappa shape index (κ1) is 28.1. The van der Waals surface area contributed by atoms with Crippen molar-refractivity contribution in [3.05, 3.63) is 76.2 Å². The van der Waals surface area contributed by atoms with E-state index in [-0.39, 0.29) is 35.2 Å². The van der Waals surface area contributed by atoms with E-state index in [0.29, 0.717) is 29.6 Å². The smallest absolute Gasteiger partial charge is 0.240 e. The Balaban J connectivity index is 1.93. The maximum Gasteiger partial charge on any atom is 0.240 e. The molecule has 0 saturated carbocycles. The lowest BCUT2D eigenvalue weighted by Gasteiger charge is -2.24. The number of thioether (sulfide) groups is 1. The van der Waals surface area contributed by atoms with Gasteiger partial charge >= 0.3 is 0 Å². The summed E-state index contributed by atoms with van der Waals surface area (Å²) in [6.45, 7) is 7.13. The minimum atomic E-state index is -0.410. The van der Waals surface area contributed by atoms with Crippen LogP contribution in [-0.4, -0.2) is 66.0 Å². The molecule has 0 saturated heterocycles. The molecule has 4 rings (SSSR count). The molecule has 1 aromatic heterocycles. The normalized spacial score (nSPS) is 15.9. The number of hydrogen-bond acceptors (Lipinski definition) is 5. The summed E-state index contributed by atoms with van der Waals surface area (Å²) in [5.41, 5.74) is 2.55. The first-order valence-corrected chi connectivity index (χ1v) is 13.9. The molecule has 0 spiro atoms. The number of anilines is 1. The number of fused-ring (bicyclic) bond motifs is 1. The van der Waals surface area contributed by atoms with Crippen molar-refractivity contribution in [2.45, 2.75) is 31.4 Å². The quantitative estimate of drug-likeness (QED) is 0.451. The third kappa shape index (κ3) is 6.22. The third-order valence-electron chi connectivity index (χ3n) is 6.19. The van der Waals surface area contributed by atoms with Gasteiger partial charge in [0.25, 0.3) is 0 Å². The average molecular weight is 558 g/mol. The van der Waals surface area contributed by atoms with Crippen LogP contribution in [0.5, 0.6) is 0 Å². The van der Waals surface area contributed by atoms with Gasteiger partial charge < -0.3 is 10.2 Å². The van der Waals surface area contributed by atoms with E-state index in [9.17, 15) is 14.0 Å². The maximum absolute atomic E-state index is 14.4. The van der Waals surface area contributed by atoms with E-state index in [2.05, 4.69) is 26.1 Å². The summed E-state index contributed by atoms with van der Waals surface area (Å²) in [7, 11) is 3.86. The van der Waals surface area contributed by atoms with Crippen LogP contribution in [0.25, 0.3) is 5.69 Å². The van der Waals surface area contributed by atoms with Gasteiger partial charge in [-0.25, -0.2) is 9.07 Å². The van der Waals surface area contributed by atoms with E-state index < -0.39 is 5.41 Å². The largest absolute Gasteiger partial charge is 0.353 e. The predicted molar refractivity (Wildman–Crippen MR) is 152 cm³/mol. The molecule has 0 aliphatic carbocycles. The van der Waals surface area contributed by atoms with Gasteiger partial charge in [-0.05, 0) is 50.0 Å². The van der Waals surface area contributed by atoms with Crippen LogP contribution in [-0.2, 0) is 15.0 Å². The first-order valence-electron chi connectivity index (χ1n) is 12.4. The highest BCUT2D eigenvalue weighted by Gasteiger charge is 2.40. The number of halogens is 2. The molecule has 2 aromatic carbocycles. The summed E-state index contributed by atoms with van der Waals surface area (Å²) < 4.78 is 16.1. The molecule has 38 heavy (non-hydrogen) atoms. The highest BCUT2D eigenvalue weighted by atomic mass is 35.5. The number of carbonyl (C=O) groups is 2. The molecule has 1 N–H and O–H groups in total. The van der Waals surface area contributed by atoms with E-state index in [1.54, 1.807) is 22.9 Å². The Labute approximate surface area is 232 Å². The van der Waals surface area contributed by atoms with Gasteiger partial charge in [-0.1, -0.05) is 50.6 Å². The van der Waals surface area contributed by atoms with Crippen molar-refractivity contribution < 1.29 is 14.0 Å². The molecule has 10 heteroatoms. The zero-order chi connectivity index (χ0) is 27.6. The molecule has 0 bridgehead atoms. The van der Waals surface area contributed by atoms with Gasteiger partial charge in [-0.2, -0.15) is 5.10 Å². The summed E-state index contributed by atoms with van der Waals surface area (Å²) in [4.78, 5) is 30.1. The molecular formula is C28H33ClFN5O2S.